The van der Waals surface area contributed by atoms with Crippen LogP contribution in [0.3, 0.4) is 0 Å². The van der Waals surface area contributed by atoms with E-state index in [2.05, 4.69) is 31.9 Å². The molecule has 32 heavy (non-hydrogen) atoms. The van der Waals surface area contributed by atoms with Crippen molar-refractivity contribution in [3.8, 4) is 22.8 Å². The minimum atomic E-state index is -0.312. The van der Waals surface area contributed by atoms with Gasteiger partial charge in [-0.1, -0.05) is 12.6 Å². The molecular formula is C22H21N7O3. The monoisotopic (exact) mass is 431 g/mol. The van der Waals surface area contributed by atoms with Crippen LogP contribution in [0.25, 0.3) is 22.3 Å². The average Bonchev–Trinajstić information content (AvgIpc) is 3.40. The van der Waals surface area contributed by atoms with E-state index in [0.29, 0.717) is 28.5 Å². The number of likely N-dealkylation sites (N-methyl/N-ethyl adjacent to an activating group) is 1. The van der Waals surface area contributed by atoms with E-state index in [1.807, 2.05) is 0 Å². The number of fused-ring (bicyclic) bond motifs is 1. The van der Waals surface area contributed by atoms with Crippen LogP contribution in [0.5, 0.6) is 11.6 Å². The average molecular weight is 431 g/mol. The number of aromatic amines is 1. The van der Waals surface area contributed by atoms with Gasteiger partial charge in [-0.3, -0.25) is 14.3 Å². The number of hydrogen-bond donors (Lipinski definition) is 2. The van der Waals surface area contributed by atoms with E-state index in [9.17, 15) is 9.59 Å². The fourth-order valence-corrected chi connectivity index (χ4v) is 2.96. The van der Waals surface area contributed by atoms with Crippen molar-refractivity contribution in [3.05, 3.63) is 61.7 Å². The first-order valence-corrected chi connectivity index (χ1v) is 9.71. The Kier molecular flexibility index (Phi) is 5.67. The summed E-state index contributed by atoms with van der Waals surface area (Å²) < 4.78 is 7.43. The second kappa shape index (κ2) is 8.72. The third-order valence-corrected chi connectivity index (χ3v) is 4.61. The number of amides is 2. The molecular weight excluding hydrogens is 410 g/mol. The predicted octanol–water partition coefficient (Wildman–Crippen LogP) is 2.83. The molecule has 0 radical (unpaired) electrons. The van der Waals surface area contributed by atoms with Crippen molar-refractivity contribution in [1.82, 2.24) is 29.6 Å². The summed E-state index contributed by atoms with van der Waals surface area (Å²) in [6.45, 7) is 3.58. The molecule has 3 heterocycles. The molecule has 4 rings (SSSR count). The summed E-state index contributed by atoms with van der Waals surface area (Å²) in [5, 5.41) is 6.95. The highest BCUT2D eigenvalue weighted by Crippen LogP contribution is 2.29. The first-order chi connectivity index (χ1) is 15.4. The molecule has 0 unspecified atom stereocenters. The van der Waals surface area contributed by atoms with Crippen LogP contribution in [0, 0.1) is 0 Å². The third-order valence-electron chi connectivity index (χ3n) is 4.61. The minimum absolute atomic E-state index is 0.0550. The molecule has 0 aliphatic carbocycles. The van der Waals surface area contributed by atoms with Crippen LogP contribution >= 0.6 is 0 Å². The molecule has 0 bridgehead atoms. The molecule has 2 amide bonds. The first-order valence-electron chi connectivity index (χ1n) is 9.71. The normalized spacial score (nSPS) is 10.7. The van der Waals surface area contributed by atoms with Crippen molar-refractivity contribution < 1.29 is 14.3 Å². The van der Waals surface area contributed by atoms with Crippen molar-refractivity contribution in [2.24, 2.45) is 0 Å². The lowest BCUT2D eigenvalue weighted by Gasteiger charge is -2.09. The van der Waals surface area contributed by atoms with Gasteiger partial charge in [-0.25, -0.2) is 9.97 Å². The van der Waals surface area contributed by atoms with E-state index < -0.39 is 0 Å². The van der Waals surface area contributed by atoms with Gasteiger partial charge in [0, 0.05) is 49.4 Å². The molecule has 1 aromatic carbocycles. The fraction of sp³-hybridized carbons (Fsp3) is 0.136. The lowest BCUT2D eigenvalue weighted by Crippen LogP contribution is -2.26. The highest BCUT2D eigenvalue weighted by molar-refractivity contribution is 5.99. The molecule has 2 N–H and O–H groups in total. The fourth-order valence-electron chi connectivity index (χ4n) is 2.96. The Morgan fingerprint density at radius 3 is 2.94 bits per heavy atom. The van der Waals surface area contributed by atoms with Gasteiger partial charge in [-0.2, -0.15) is 5.10 Å². The first kappa shape index (κ1) is 20.8. The summed E-state index contributed by atoms with van der Waals surface area (Å²) in [6, 6.07) is 6.92. The van der Waals surface area contributed by atoms with Crippen LogP contribution < -0.4 is 10.1 Å². The Hall–Kier alpha value is -4.47. The molecule has 0 aliphatic heterocycles. The molecule has 10 heteroatoms. The summed E-state index contributed by atoms with van der Waals surface area (Å²) in [6.07, 6.45) is 7.95. The number of ether oxygens (including phenoxy) is 1. The highest BCUT2D eigenvalue weighted by atomic mass is 16.5. The molecule has 0 spiro atoms. The molecule has 0 aliphatic rings. The van der Waals surface area contributed by atoms with E-state index in [0.717, 1.165) is 11.1 Å². The van der Waals surface area contributed by atoms with Crippen molar-refractivity contribution in [1.29, 1.82) is 0 Å². The van der Waals surface area contributed by atoms with Crippen LogP contribution in [0.1, 0.15) is 0 Å². The molecule has 0 saturated heterocycles. The van der Waals surface area contributed by atoms with Crippen molar-refractivity contribution in [2.45, 2.75) is 6.54 Å². The van der Waals surface area contributed by atoms with E-state index in [-0.39, 0.29) is 18.4 Å². The van der Waals surface area contributed by atoms with Crippen LogP contribution in [0.4, 0.5) is 5.69 Å². The van der Waals surface area contributed by atoms with Crippen LogP contribution in [0.2, 0.25) is 0 Å². The number of carbonyl (C=O) groups is 2. The van der Waals surface area contributed by atoms with Crippen LogP contribution in [-0.2, 0) is 16.1 Å². The number of benzene rings is 1. The molecule has 3 aromatic heterocycles. The lowest BCUT2D eigenvalue weighted by molar-refractivity contribution is -0.129. The van der Waals surface area contributed by atoms with Gasteiger partial charge in [0.05, 0.1) is 12.4 Å². The standard InChI is InChI=1S/C22H21N7O3/c1-4-18(30)26-15-6-5-7-16(8-15)32-19-11-24-22-21(27-19)17(10-23-22)14-9-25-29(12-14)13-20(31)28(2)3/h4-12H,1,13H2,2-3H3,(H,23,24)(H,26,30). The number of hydrogen-bond acceptors (Lipinski definition) is 6. The SMILES string of the molecule is C=CC(=O)Nc1cccc(Oc2cnc3[nH]cc(-c4cnn(CC(=O)N(C)C)c4)c3n2)c1. The number of nitrogens with one attached hydrogen (secondary N) is 2. The number of aromatic nitrogens is 5. The zero-order valence-corrected chi connectivity index (χ0v) is 17.6. The van der Waals surface area contributed by atoms with Crippen LogP contribution in [0.15, 0.2) is 61.7 Å². The van der Waals surface area contributed by atoms with Crippen molar-refractivity contribution >= 4 is 28.7 Å². The van der Waals surface area contributed by atoms with E-state index in [1.165, 1.54) is 17.2 Å². The van der Waals surface area contributed by atoms with E-state index in [1.54, 1.807) is 61.6 Å². The number of carbonyl (C=O) groups excluding carboxylic acids is 2. The third kappa shape index (κ3) is 4.48. The van der Waals surface area contributed by atoms with E-state index in [4.69, 9.17) is 4.74 Å². The summed E-state index contributed by atoms with van der Waals surface area (Å²) in [4.78, 5) is 37.0. The molecule has 4 aromatic rings. The Balaban J connectivity index is 1.58. The van der Waals surface area contributed by atoms with Gasteiger partial charge in [0.25, 0.3) is 0 Å². The van der Waals surface area contributed by atoms with Gasteiger partial charge in [-0.15, -0.1) is 0 Å². The summed E-state index contributed by atoms with van der Waals surface area (Å²) in [5.41, 5.74) is 3.36. The van der Waals surface area contributed by atoms with Crippen molar-refractivity contribution in [3.63, 3.8) is 0 Å². The molecule has 162 valence electrons. The summed E-state index contributed by atoms with van der Waals surface area (Å²) >= 11 is 0. The molecule has 10 nitrogen and oxygen atoms in total. The maximum Gasteiger partial charge on any atom is 0.247 e. The van der Waals surface area contributed by atoms with Crippen LogP contribution in [-0.4, -0.2) is 55.5 Å². The summed E-state index contributed by atoms with van der Waals surface area (Å²) in [7, 11) is 3.40. The molecule has 0 saturated carbocycles. The maximum atomic E-state index is 11.9. The van der Waals surface area contributed by atoms with Gasteiger partial charge in [-0.05, 0) is 18.2 Å². The van der Waals surface area contributed by atoms with Gasteiger partial charge < -0.3 is 19.9 Å². The Bertz CT molecular complexity index is 1310. The highest BCUT2D eigenvalue weighted by Gasteiger charge is 2.14. The zero-order chi connectivity index (χ0) is 22.7. The van der Waals surface area contributed by atoms with Gasteiger partial charge in [0.15, 0.2) is 5.65 Å². The smallest absolute Gasteiger partial charge is 0.247 e. The van der Waals surface area contributed by atoms with E-state index >= 15 is 0 Å². The minimum Gasteiger partial charge on any atom is -0.437 e. The van der Waals surface area contributed by atoms with Gasteiger partial charge >= 0.3 is 0 Å². The topological polar surface area (TPSA) is 118 Å². The quantitative estimate of drug-likeness (QED) is 0.435. The van der Waals surface area contributed by atoms with Crippen molar-refractivity contribution in [2.75, 3.05) is 19.4 Å². The number of H-pyrrole nitrogens is 1. The largest absolute Gasteiger partial charge is 0.437 e. The Labute approximate surface area is 183 Å². The van der Waals surface area contributed by atoms with Gasteiger partial charge in [0.1, 0.15) is 17.8 Å². The van der Waals surface area contributed by atoms with Gasteiger partial charge in [0.2, 0.25) is 17.7 Å². The second-order valence-electron chi connectivity index (χ2n) is 7.15. The lowest BCUT2D eigenvalue weighted by atomic mass is 10.2. The maximum absolute atomic E-state index is 11.9. The number of rotatable bonds is 7. The second-order valence-corrected chi connectivity index (χ2v) is 7.15. The molecule has 0 fully saturated rings. The zero-order valence-electron chi connectivity index (χ0n) is 17.6. The number of nitrogens with zero attached hydrogens (tertiary/aromatic N) is 5. The Morgan fingerprint density at radius 1 is 1.31 bits per heavy atom. The predicted molar refractivity (Wildman–Crippen MR) is 119 cm³/mol. The Morgan fingerprint density at radius 2 is 2.16 bits per heavy atom. The number of anilines is 1. The summed E-state index contributed by atoms with van der Waals surface area (Å²) in [5.74, 6) is 0.419. The molecule has 0 atom stereocenters.